The second kappa shape index (κ2) is 5.76. The molecule has 0 aliphatic rings. The van der Waals surface area contributed by atoms with E-state index in [1.807, 2.05) is 0 Å². The number of nitrogens with one attached hydrogen (secondary N) is 1. The molecule has 0 aliphatic carbocycles. The zero-order chi connectivity index (χ0) is 16.4. The Morgan fingerprint density at radius 2 is 1.83 bits per heavy atom. The highest BCUT2D eigenvalue weighted by molar-refractivity contribution is 7.93. The molecule has 9 heteroatoms. The largest absolute Gasteiger partial charge is 0.493 e. The maximum absolute atomic E-state index is 12.6. The smallest absolute Gasteiger partial charge is 0.264 e. The Morgan fingerprint density at radius 1 is 1.04 bits per heavy atom. The lowest BCUT2D eigenvalue weighted by Gasteiger charge is -2.11. The molecule has 0 atom stereocenters. The van der Waals surface area contributed by atoms with Gasteiger partial charge in [-0.3, -0.25) is 4.72 Å². The first-order valence-electron chi connectivity index (χ1n) is 6.51. The van der Waals surface area contributed by atoms with Crippen molar-refractivity contribution in [2.24, 2.45) is 0 Å². The van der Waals surface area contributed by atoms with Gasteiger partial charge in [-0.25, -0.2) is 13.0 Å². The summed E-state index contributed by atoms with van der Waals surface area (Å²) in [7, 11) is -0.893. The molecule has 0 amide bonds. The molecule has 8 nitrogen and oxygen atoms in total. The molecule has 23 heavy (non-hydrogen) atoms. The van der Waals surface area contributed by atoms with Gasteiger partial charge < -0.3 is 9.47 Å². The minimum atomic E-state index is -3.86. The van der Waals surface area contributed by atoms with Crippen LogP contribution in [0.3, 0.4) is 0 Å². The molecular formula is C14H13N3O5S. The molecule has 0 radical (unpaired) electrons. The molecule has 1 heterocycles. The Bertz CT molecular complexity index is 952. The van der Waals surface area contributed by atoms with Crippen molar-refractivity contribution < 1.29 is 22.5 Å². The van der Waals surface area contributed by atoms with Gasteiger partial charge in [-0.05, 0) is 34.6 Å². The summed E-state index contributed by atoms with van der Waals surface area (Å²) < 4.78 is 42.5. The van der Waals surface area contributed by atoms with Crippen LogP contribution in [0.25, 0.3) is 11.0 Å². The van der Waals surface area contributed by atoms with Crippen molar-refractivity contribution in [3.8, 4) is 11.5 Å². The number of anilines is 1. The van der Waals surface area contributed by atoms with Gasteiger partial charge in [-0.15, -0.1) is 0 Å². The quantitative estimate of drug-likeness (QED) is 0.761. The molecule has 0 unspecified atom stereocenters. The Labute approximate surface area is 132 Å². The summed E-state index contributed by atoms with van der Waals surface area (Å²) >= 11 is 0. The van der Waals surface area contributed by atoms with Crippen LogP contribution in [-0.2, 0) is 10.0 Å². The second-order valence-electron chi connectivity index (χ2n) is 4.56. The molecule has 3 aromatic rings. The first-order valence-corrected chi connectivity index (χ1v) is 7.99. The Balaban J connectivity index is 2.00. The number of rotatable bonds is 5. The van der Waals surface area contributed by atoms with Crippen molar-refractivity contribution in [1.82, 2.24) is 10.3 Å². The highest BCUT2D eigenvalue weighted by Gasteiger charge is 2.21. The standard InChI is InChI=1S/C14H13N3O5S/c1-20-11-7-6-9(8-12(11)21-2)17-23(18,19)13-5-3-4-10-14(13)16-22-15-10/h3-8,17H,1-2H3. The van der Waals surface area contributed by atoms with Crippen LogP contribution in [0, 0.1) is 0 Å². The summed E-state index contributed by atoms with van der Waals surface area (Å²) in [5, 5.41) is 7.27. The minimum Gasteiger partial charge on any atom is -0.493 e. The number of benzene rings is 2. The topological polar surface area (TPSA) is 104 Å². The van der Waals surface area contributed by atoms with E-state index in [0.717, 1.165) is 0 Å². The summed E-state index contributed by atoms with van der Waals surface area (Å²) in [4.78, 5) is -0.0222. The van der Waals surface area contributed by atoms with Gasteiger partial charge in [-0.2, -0.15) is 0 Å². The van der Waals surface area contributed by atoms with Gasteiger partial charge in [0.1, 0.15) is 10.4 Å². The molecule has 0 saturated heterocycles. The van der Waals surface area contributed by atoms with Gasteiger partial charge in [0.2, 0.25) is 0 Å². The van der Waals surface area contributed by atoms with Gasteiger partial charge in [-0.1, -0.05) is 6.07 Å². The molecule has 2 aromatic carbocycles. The van der Waals surface area contributed by atoms with Crippen molar-refractivity contribution in [2.75, 3.05) is 18.9 Å². The van der Waals surface area contributed by atoms with Crippen LogP contribution in [0.5, 0.6) is 11.5 Å². The normalized spacial score (nSPS) is 11.4. The van der Waals surface area contributed by atoms with Crippen LogP contribution in [0.1, 0.15) is 0 Å². The molecular weight excluding hydrogens is 322 g/mol. The van der Waals surface area contributed by atoms with E-state index in [1.165, 1.54) is 26.4 Å². The van der Waals surface area contributed by atoms with Crippen LogP contribution < -0.4 is 14.2 Å². The second-order valence-corrected chi connectivity index (χ2v) is 6.21. The molecule has 0 saturated carbocycles. The summed E-state index contributed by atoms with van der Waals surface area (Å²) in [6, 6.07) is 9.30. The first kappa shape index (κ1) is 15.1. The van der Waals surface area contributed by atoms with Crippen LogP contribution >= 0.6 is 0 Å². The monoisotopic (exact) mass is 335 g/mol. The number of hydrogen-bond acceptors (Lipinski definition) is 7. The van der Waals surface area contributed by atoms with Gasteiger partial charge in [0.25, 0.3) is 10.0 Å². The van der Waals surface area contributed by atoms with Crippen LogP contribution in [-0.4, -0.2) is 33.0 Å². The highest BCUT2D eigenvalue weighted by Crippen LogP contribution is 2.31. The Kier molecular flexibility index (Phi) is 3.78. The fourth-order valence-electron chi connectivity index (χ4n) is 2.11. The summed E-state index contributed by atoms with van der Waals surface area (Å²) in [6.07, 6.45) is 0. The van der Waals surface area contributed by atoms with Crippen molar-refractivity contribution >= 4 is 26.7 Å². The molecule has 0 fully saturated rings. The lowest BCUT2D eigenvalue weighted by Crippen LogP contribution is -2.13. The van der Waals surface area contributed by atoms with Gasteiger partial charge >= 0.3 is 0 Å². The Morgan fingerprint density at radius 3 is 2.57 bits per heavy atom. The van der Waals surface area contributed by atoms with Crippen LogP contribution in [0.15, 0.2) is 45.9 Å². The number of methoxy groups -OCH3 is 2. The number of sulfonamides is 1. The molecule has 0 bridgehead atoms. The van der Waals surface area contributed by atoms with E-state index < -0.39 is 10.0 Å². The average Bonchev–Trinajstić information content (AvgIpc) is 3.02. The summed E-state index contributed by atoms with van der Waals surface area (Å²) in [5.74, 6) is 0.910. The third-order valence-electron chi connectivity index (χ3n) is 3.17. The van der Waals surface area contributed by atoms with Gasteiger partial charge in [0.15, 0.2) is 17.0 Å². The SMILES string of the molecule is COc1ccc(NS(=O)(=O)c2cccc3nonc23)cc1OC. The summed E-state index contributed by atoms with van der Waals surface area (Å²) in [6.45, 7) is 0. The zero-order valence-corrected chi connectivity index (χ0v) is 13.1. The predicted octanol–water partition coefficient (Wildman–Crippen LogP) is 2.04. The molecule has 120 valence electrons. The minimum absolute atomic E-state index is 0.0222. The zero-order valence-electron chi connectivity index (χ0n) is 12.3. The number of aromatic nitrogens is 2. The van der Waals surface area contributed by atoms with E-state index in [1.54, 1.807) is 24.3 Å². The fourth-order valence-corrected chi connectivity index (χ4v) is 3.31. The lowest BCUT2D eigenvalue weighted by molar-refractivity contribution is 0.315. The van der Waals surface area contributed by atoms with Crippen molar-refractivity contribution in [3.63, 3.8) is 0 Å². The third kappa shape index (κ3) is 2.78. The maximum atomic E-state index is 12.6. The lowest BCUT2D eigenvalue weighted by atomic mass is 10.3. The average molecular weight is 335 g/mol. The van der Waals surface area contributed by atoms with Crippen LogP contribution in [0.2, 0.25) is 0 Å². The van der Waals surface area contributed by atoms with Crippen molar-refractivity contribution in [1.29, 1.82) is 0 Å². The number of hydrogen-bond donors (Lipinski definition) is 1. The number of nitrogens with zero attached hydrogens (tertiary/aromatic N) is 2. The third-order valence-corrected chi connectivity index (χ3v) is 4.59. The van der Waals surface area contributed by atoms with Crippen molar-refractivity contribution in [2.45, 2.75) is 4.90 Å². The van der Waals surface area contributed by atoms with Gasteiger partial charge in [0.05, 0.1) is 19.9 Å². The summed E-state index contributed by atoms with van der Waals surface area (Å²) in [5.41, 5.74) is 0.858. The van der Waals surface area contributed by atoms with Crippen molar-refractivity contribution in [3.05, 3.63) is 36.4 Å². The van der Waals surface area contributed by atoms with E-state index in [-0.39, 0.29) is 10.4 Å². The molecule has 0 aliphatic heterocycles. The Hall–Kier alpha value is -2.81. The van der Waals surface area contributed by atoms with E-state index in [2.05, 4.69) is 19.7 Å². The first-order chi connectivity index (χ1) is 11.0. The molecule has 1 aromatic heterocycles. The molecule has 0 spiro atoms. The van der Waals surface area contributed by atoms with E-state index in [0.29, 0.717) is 22.7 Å². The number of ether oxygens (including phenoxy) is 2. The predicted molar refractivity (Wildman–Crippen MR) is 82.2 cm³/mol. The highest BCUT2D eigenvalue weighted by atomic mass is 32.2. The van der Waals surface area contributed by atoms with E-state index in [4.69, 9.17) is 9.47 Å². The van der Waals surface area contributed by atoms with E-state index in [9.17, 15) is 8.42 Å². The molecule has 3 rings (SSSR count). The maximum Gasteiger partial charge on any atom is 0.264 e. The van der Waals surface area contributed by atoms with Crippen LogP contribution in [0.4, 0.5) is 5.69 Å². The van der Waals surface area contributed by atoms with Gasteiger partial charge in [0, 0.05) is 6.07 Å². The fraction of sp³-hybridized carbons (Fsp3) is 0.143. The molecule has 1 N–H and O–H groups in total. The van der Waals surface area contributed by atoms with E-state index >= 15 is 0 Å². The number of fused-ring (bicyclic) bond motifs is 1.